The lowest BCUT2D eigenvalue weighted by molar-refractivity contribution is 0.0498. The first-order valence-electron chi connectivity index (χ1n) is 6.11. The summed E-state index contributed by atoms with van der Waals surface area (Å²) in [6, 6.07) is 12.7. The Morgan fingerprint density at radius 3 is 2.63 bits per heavy atom. The second-order valence-corrected chi connectivity index (χ2v) is 4.44. The van der Waals surface area contributed by atoms with Crippen molar-refractivity contribution in [3.63, 3.8) is 0 Å². The zero-order chi connectivity index (χ0) is 13.7. The minimum absolute atomic E-state index is 0.275. The number of rotatable bonds is 4. The second-order valence-electron chi connectivity index (χ2n) is 4.03. The molecule has 0 amide bonds. The molecule has 0 aliphatic heterocycles. The summed E-state index contributed by atoms with van der Waals surface area (Å²) in [6.07, 6.45) is 0.783. The Kier molecular flexibility index (Phi) is 4.53. The minimum atomic E-state index is -0.421. The van der Waals surface area contributed by atoms with Crippen molar-refractivity contribution in [3.05, 3.63) is 53.2 Å². The SMILES string of the molecule is CCCOC(=O)c1ccc(Cl)c(-c2ccccc2)n1. The maximum atomic E-state index is 11.8. The van der Waals surface area contributed by atoms with Crippen LogP contribution in [0.25, 0.3) is 11.3 Å². The van der Waals surface area contributed by atoms with Crippen molar-refractivity contribution in [2.24, 2.45) is 0 Å². The van der Waals surface area contributed by atoms with Crippen LogP contribution in [0.2, 0.25) is 5.02 Å². The van der Waals surface area contributed by atoms with Crippen molar-refractivity contribution in [1.29, 1.82) is 0 Å². The first kappa shape index (κ1) is 13.6. The first-order valence-corrected chi connectivity index (χ1v) is 6.49. The fraction of sp³-hybridized carbons (Fsp3) is 0.200. The summed E-state index contributed by atoms with van der Waals surface area (Å²) >= 11 is 6.13. The molecule has 0 unspecified atom stereocenters. The van der Waals surface area contributed by atoms with E-state index in [9.17, 15) is 4.79 Å². The molecule has 3 nitrogen and oxygen atoms in total. The molecule has 2 rings (SSSR count). The number of benzene rings is 1. The highest BCUT2D eigenvalue weighted by Gasteiger charge is 2.12. The lowest BCUT2D eigenvalue weighted by atomic mass is 10.1. The van der Waals surface area contributed by atoms with Gasteiger partial charge in [-0.15, -0.1) is 0 Å². The van der Waals surface area contributed by atoms with E-state index in [-0.39, 0.29) is 5.69 Å². The van der Waals surface area contributed by atoms with Crippen molar-refractivity contribution in [2.75, 3.05) is 6.61 Å². The van der Waals surface area contributed by atoms with Crippen LogP contribution in [0, 0.1) is 0 Å². The molecule has 0 aliphatic carbocycles. The van der Waals surface area contributed by atoms with Gasteiger partial charge >= 0.3 is 5.97 Å². The largest absolute Gasteiger partial charge is 0.461 e. The first-order chi connectivity index (χ1) is 9.22. The van der Waals surface area contributed by atoms with Crippen molar-refractivity contribution >= 4 is 17.6 Å². The molecule has 0 fully saturated rings. The zero-order valence-electron chi connectivity index (χ0n) is 10.6. The lowest BCUT2D eigenvalue weighted by Gasteiger charge is -2.07. The van der Waals surface area contributed by atoms with E-state index in [0.717, 1.165) is 12.0 Å². The summed E-state index contributed by atoms with van der Waals surface area (Å²) in [4.78, 5) is 16.1. The maximum absolute atomic E-state index is 11.8. The molecular weight excluding hydrogens is 262 g/mol. The molecule has 0 aliphatic rings. The normalized spacial score (nSPS) is 10.2. The predicted octanol–water partition coefficient (Wildman–Crippen LogP) is 3.97. The number of ether oxygens (including phenoxy) is 1. The Balaban J connectivity index is 2.33. The lowest BCUT2D eigenvalue weighted by Crippen LogP contribution is -2.08. The minimum Gasteiger partial charge on any atom is -0.461 e. The third-order valence-electron chi connectivity index (χ3n) is 2.54. The molecule has 1 aromatic heterocycles. The average Bonchev–Trinajstić information content (AvgIpc) is 2.46. The highest BCUT2D eigenvalue weighted by atomic mass is 35.5. The van der Waals surface area contributed by atoms with Crippen molar-refractivity contribution in [1.82, 2.24) is 4.98 Å². The van der Waals surface area contributed by atoms with Crippen LogP contribution in [0.4, 0.5) is 0 Å². The number of aromatic nitrogens is 1. The molecule has 0 bridgehead atoms. The van der Waals surface area contributed by atoms with Gasteiger partial charge in [0.25, 0.3) is 0 Å². The third-order valence-corrected chi connectivity index (χ3v) is 2.84. The molecule has 2 aromatic rings. The van der Waals surface area contributed by atoms with Crippen LogP contribution >= 0.6 is 11.6 Å². The zero-order valence-corrected chi connectivity index (χ0v) is 11.4. The van der Waals surface area contributed by atoms with Gasteiger partial charge in [0.1, 0.15) is 5.69 Å². The number of hydrogen-bond donors (Lipinski definition) is 0. The van der Waals surface area contributed by atoms with Gasteiger partial charge < -0.3 is 4.74 Å². The molecule has 1 heterocycles. The fourth-order valence-electron chi connectivity index (χ4n) is 1.62. The van der Waals surface area contributed by atoms with Gasteiger partial charge in [0, 0.05) is 5.56 Å². The Labute approximate surface area is 117 Å². The van der Waals surface area contributed by atoms with Crippen LogP contribution in [-0.2, 0) is 4.74 Å². The van der Waals surface area contributed by atoms with E-state index in [2.05, 4.69) is 4.98 Å². The van der Waals surface area contributed by atoms with Gasteiger partial charge in [-0.05, 0) is 18.6 Å². The van der Waals surface area contributed by atoms with E-state index in [0.29, 0.717) is 17.3 Å². The molecule has 4 heteroatoms. The number of esters is 1. The monoisotopic (exact) mass is 275 g/mol. The molecule has 1 aromatic carbocycles. The molecule has 98 valence electrons. The van der Waals surface area contributed by atoms with E-state index >= 15 is 0 Å². The Bertz CT molecular complexity index is 570. The van der Waals surface area contributed by atoms with Crippen molar-refractivity contribution < 1.29 is 9.53 Å². The molecule has 19 heavy (non-hydrogen) atoms. The molecule has 0 radical (unpaired) electrons. The van der Waals surface area contributed by atoms with Gasteiger partial charge in [-0.2, -0.15) is 0 Å². The van der Waals surface area contributed by atoms with Crippen molar-refractivity contribution in [3.8, 4) is 11.3 Å². The maximum Gasteiger partial charge on any atom is 0.356 e. The van der Waals surface area contributed by atoms with Crippen LogP contribution in [0.3, 0.4) is 0 Å². The van der Waals surface area contributed by atoms with Crippen LogP contribution < -0.4 is 0 Å². The van der Waals surface area contributed by atoms with E-state index in [1.54, 1.807) is 12.1 Å². The number of carbonyl (C=O) groups is 1. The van der Waals surface area contributed by atoms with Gasteiger partial charge in [0.15, 0.2) is 0 Å². The molecule has 0 spiro atoms. The molecule has 0 saturated heterocycles. The van der Waals surface area contributed by atoms with E-state index < -0.39 is 5.97 Å². The quantitative estimate of drug-likeness (QED) is 0.793. The summed E-state index contributed by atoms with van der Waals surface area (Å²) in [7, 11) is 0. The number of halogens is 1. The second kappa shape index (κ2) is 6.34. The average molecular weight is 276 g/mol. The number of pyridine rings is 1. The van der Waals surface area contributed by atoms with Crippen LogP contribution in [-0.4, -0.2) is 17.6 Å². The van der Waals surface area contributed by atoms with Crippen molar-refractivity contribution in [2.45, 2.75) is 13.3 Å². The van der Waals surface area contributed by atoms with Gasteiger partial charge in [-0.1, -0.05) is 48.9 Å². The van der Waals surface area contributed by atoms with Crippen LogP contribution in [0.5, 0.6) is 0 Å². The standard InChI is InChI=1S/C15H14ClNO2/c1-2-10-19-15(18)13-9-8-12(16)14(17-13)11-6-4-3-5-7-11/h3-9H,2,10H2,1H3. The number of carbonyl (C=O) groups excluding carboxylic acids is 1. The summed E-state index contributed by atoms with van der Waals surface area (Å²) in [5.41, 5.74) is 1.74. The summed E-state index contributed by atoms with van der Waals surface area (Å²) in [6.45, 7) is 2.34. The van der Waals surface area contributed by atoms with Gasteiger partial charge in [0.05, 0.1) is 17.3 Å². The van der Waals surface area contributed by atoms with Gasteiger partial charge in [-0.25, -0.2) is 9.78 Å². The highest BCUT2D eigenvalue weighted by molar-refractivity contribution is 6.33. The summed E-state index contributed by atoms with van der Waals surface area (Å²) < 4.78 is 5.06. The van der Waals surface area contributed by atoms with Crippen LogP contribution in [0.15, 0.2) is 42.5 Å². The third kappa shape index (κ3) is 3.32. The molecule has 0 N–H and O–H groups in total. The predicted molar refractivity (Wildman–Crippen MR) is 75.3 cm³/mol. The van der Waals surface area contributed by atoms with E-state index in [1.165, 1.54) is 0 Å². The fourth-order valence-corrected chi connectivity index (χ4v) is 1.84. The van der Waals surface area contributed by atoms with Gasteiger partial charge in [0.2, 0.25) is 0 Å². The highest BCUT2D eigenvalue weighted by Crippen LogP contribution is 2.25. The number of hydrogen-bond acceptors (Lipinski definition) is 3. The smallest absolute Gasteiger partial charge is 0.356 e. The molecular formula is C15H14ClNO2. The molecule has 0 atom stereocenters. The van der Waals surface area contributed by atoms with Gasteiger partial charge in [-0.3, -0.25) is 0 Å². The summed E-state index contributed by atoms with van der Waals surface area (Å²) in [5.74, 6) is -0.421. The van der Waals surface area contributed by atoms with E-state index in [1.807, 2.05) is 37.3 Å². The van der Waals surface area contributed by atoms with Crippen LogP contribution in [0.1, 0.15) is 23.8 Å². The van der Waals surface area contributed by atoms with E-state index in [4.69, 9.17) is 16.3 Å². The topological polar surface area (TPSA) is 39.2 Å². The summed E-state index contributed by atoms with van der Waals surface area (Å²) in [5, 5.41) is 0.512. The Morgan fingerprint density at radius 2 is 1.95 bits per heavy atom. The molecule has 0 saturated carbocycles. The number of nitrogens with zero attached hydrogens (tertiary/aromatic N) is 1. The Hall–Kier alpha value is -1.87. The Morgan fingerprint density at radius 1 is 1.21 bits per heavy atom.